The maximum atomic E-state index is 12.1. The van der Waals surface area contributed by atoms with Crippen molar-refractivity contribution < 1.29 is 14.3 Å². The van der Waals surface area contributed by atoms with Crippen molar-refractivity contribution in [1.29, 1.82) is 0 Å². The predicted octanol–water partition coefficient (Wildman–Crippen LogP) is 4.49. The molecule has 0 spiro atoms. The Labute approximate surface area is 162 Å². The van der Waals surface area contributed by atoms with Gasteiger partial charge in [0.15, 0.2) is 0 Å². The molecule has 0 bridgehead atoms. The molecule has 2 aromatic carbocycles. The van der Waals surface area contributed by atoms with E-state index in [0.717, 1.165) is 21.9 Å². The second kappa shape index (κ2) is 9.54. The Bertz CT molecular complexity index is 873. The summed E-state index contributed by atoms with van der Waals surface area (Å²) in [5.74, 6) is 1.34. The van der Waals surface area contributed by atoms with E-state index in [1.165, 1.54) is 0 Å². The van der Waals surface area contributed by atoms with Gasteiger partial charge in [0.05, 0.1) is 12.8 Å². The normalized spacial score (nSPS) is 10.7. The van der Waals surface area contributed by atoms with E-state index in [-0.39, 0.29) is 5.91 Å². The summed E-state index contributed by atoms with van der Waals surface area (Å²) in [6, 6.07) is 18.6. The van der Waals surface area contributed by atoms with Gasteiger partial charge < -0.3 is 9.47 Å². The maximum Gasteiger partial charge on any atom is 0.271 e. The molecule has 0 saturated heterocycles. The second-order valence-electron chi connectivity index (χ2n) is 5.60. The lowest BCUT2D eigenvalue weighted by Crippen LogP contribution is -2.17. The number of thiophene rings is 1. The van der Waals surface area contributed by atoms with Crippen molar-refractivity contribution in [3.8, 4) is 11.5 Å². The molecule has 0 radical (unpaired) electrons. The maximum absolute atomic E-state index is 12.1. The third-order valence-electron chi connectivity index (χ3n) is 3.66. The lowest BCUT2D eigenvalue weighted by atomic mass is 10.1. The average Bonchev–Trinajstić information content (AvgIpc) is 3.21. The molecule has 3 rings (SSSR count). The lowest BCUT2D eigenvalue weighted by Gasteiger charge is -2.08. The van der Waals surface area contributed by atoms with Crippen molar-refractivity contribution in [2.45, 2.75) is 13.5 Å². The van der Waals surface area contributed by atoms with Gasteiger partial charge in [-0.2, -0.15) is 5.10 Å². The fourth-order valence-electron chi connectivity index (χ4n) is 2.30. The van der Waals surface area contributed by atoms with Crippen molar-refractivity contribution >= 4 is 23.5 Å². The van der Waals surface area contributed by atoms with Crippen LogP contribution in [0.15, 0.2) is 71.1 Å². The van der Waals surface area contributed by atoms with E-state index in [4.69, 9.17) is 9.47 Å². The highest BCUT2D eigenvalue weighted by Gasteiger charge is 2.04. The zero-order valence-electron chi connectivity index (χ0n) is 14.9. The van der Waals surface area contributed by atoms with E-state index in [1.807, 2.05) is 60.8 Å². The van der Waals surface area contributed by atoms with Crippen molar-refractivity contribution in [2.75, 3.05) is 6.61 Å². The molecule has 3 aromatic rings. The number of benzene rings is 2. The Morgan fingerprint density at radius 1 is 1.04 bits per heavy atom. The van der Waals surface area contributed by atoms with Gasteiger partial charge in [0.2, 0.25) is 0 Å². The number of carbonyl (C=O) groups excluding carboxylic acids is 1. The van der Waals surface area contributed by atoms with Gasteiger partial charge in [-0.1, -0.05) is 18.2 Å². The highest BCUT2D eigenvalue weighted by molar-refractivity contribution is 7.11. The van der Waals surface area contributed by atoms with E-state index in [0.29, 0.717) is 18.8 Å². The van der Waals surface area contributed by atoms with Crippen molar-refractivity contribution in [2.24, 2.45) is 5.10 Å². The minimum atomic E-state index is -0.248. The summed E-state index contributed by atoms with van der Waals surface area (Å²) in [6.45, 7) is 3.01. The minimum Gasteiger partial charge on any atom is -0.494 e. The number of amides is 1. The Hall–Kier alpha value is -3.12. The smallest absolute Gasteiger partial charge is 0.271 e. The summed E-state index contributed by atoms with van der Waals surface area (Å²) in [6.07, 6.45) is 1.63. The molecule has 1 N–H and O–H groups in total. The topological polar surface area (TPSA) is 59.9 Å². The van der Waals surface area contributed by atoms with Crippen LogP contribution < -0.4 is 14.9 Å². The van der Waals surface area contributed by atoms with Crippen molar-refractivity contribution in [3.05, 3.63) is 82.0 Å². The van der Waals surface area contributed by atoms with Crippen LogP contribution in [0.1, 0.15) is 27.7 Å². The molecule has 1 amide bonds. The fraction of sp³-hybridized carbons (Fsp3) is 0.143. The second-order valence-corrected chi connectivity index (χ2v) is 6.58. The predicted molar refractivity (Wildman–Crippen MR) is 108 cm³/mol. The van der Waals surface area contributed by atoms with Gasteiger partial charge in [-0.3, -0.25) is 4.79 Å². The molecule has 27 heavy (non-hydrogen) atoms. The molecule has 6 heteroatoms. The molecule has 138 valence electrons. The van der Waals surface area contributed by atoms with Gasteiger partial charge in [-0.15, -0.1) is 11.3 Å². The van der Waals surface area contributed by atoms with Crippen LogP contribution in [0.3, 0.4) is 0 Å². The Kier molecular flexibility index (Phi) is 6.60. The highest BCUT2D eigenvalue weighted by Crippen LogP contribution is 2.18. The molecule has 1 aromatic heterocycles. The van der Waals surface area contributed by atoms with E-state index in [2.05, 4.69) is 10.5 Å². The molecule has 0 aliphatic carbocycles. The summed E-state index contributed by atoms with van der Waals surface area (Å²) >= 11 is 1.56. The first-order valence-electron chi connectivity index (χ1n) is 8.56. The standard InChI is InChI=1S/C21H20N2O3S/c1-2-25-18-9-11-19(12-10-18)26-15-16-5-7-17(8-6-16)21(24)23-22-14-20-4-3-13-27-20/h3-14H,2,15H2,1H3,(H,23,24). The molecule has 0 aliphatic heterocycles. The number of rotatable bonds is 8. The fourth-order valence-corrected chi connectivity index (χ4v) is 2.89. The summed E-state index contributed by atoms with van der Waals surface area (Å²) in [5, 5.41) is 5.92. The molecule has 0 saturated carbocycles. The number of hydrazone groups is 1. The van der Waals surface area contributed by atoms with Gasteiger partial charge in [-0.25, -0.2) is 5.43 Å². The summed E-state index contributed by atoms with van der Waals surface area (Å²) < 4.78 is 11.2. The molecule has 1 heterocycles. The van der Waals surface area contributed by atoms with Gasteiger partial charge in [0.1, 0.15) is 18.1 Å². The zero-order valence-corrected chi connectivity index (χ0v) is 15.7. The SMILES string of the molecule is CCOc1ccc(OCc2ccc(C(=O)NN=Cc3cccs3)cc2)cc1. The molecule has 0 unspecified atom stereocenters. The first kappa shape index (κ1) is 18.7. The van der Waals surface area contributed by atoms with E-state index in [1.54, 1.807) is 29.7 Å². The monoisotopic (exact) mass is 380 g/mol. The molecule has 5 nitrogen and oxygen atoms in total. The van der Waals surface area contributed by atoms with Crippen LogP contribution in [0.4, 0.5) is 0 Å². The van der Waals surface area contributed by atoms with Crippen LogP contribution in [0.2, 0.25) is 0 Å². The van der Waals surface area contributed by atoms with Crippen LogP contribution in [0.5, 0.6) is 11.5 Å². The first-order chi connectivity index (χ1) is 13.2. The lowest BCUT2D eigenvalue weighted by molar-refractivity contribution is 0.0955. The molecule has 0 aliphatic rings. The minimum absolute atomic E-state index is 0.248. The van der Waals surface area contributed by atoms with Gasteiger partial charge in [0.25, 0.3) is 5.91 Å². The molecular weight excluding hydrogens is 360 g/mol. The van der Waals surface area contributed by atoms with Crippen LogP contribution >= 0.6 is 11.3 Å². The number of nitrogens with one attached hydrogen (secondary N) is 1. The van der Waals surface area contributed by atoms with E-state index < -0.39 is 0 Å². The Morgan fingerprint density at radius 3 is 2.37 bits per heavy atom. The first-order valence-corrected chi connectivity index (χ1v) is 9.44. The summed E-state index contributed by atoms with van der Waals surface area (Å²) in [5.41, 5.74) is 4.04. The van der Waals surface area contributed by atoms with Crippen molar-refractivity contribution in [1.82, 2.24) is 5.43 Å². The quantitative estimate of drug-likeness (QED) is 0.463. The number of hydrogen-bond donors (Lipinski definition) is 1. The number of ether oxygens (including phenoxy) is 2. The third-order valence-corrected chi connectivity index (χ3v) is 4.46. The third kappa shape index (κ3) is 5.69. The Morgan fingerprint density at radius 2 is 1.74 bits per heavy atom. The number of nitrogens with zero attached hydrogens (tertiary/aromatic N) is 1. The van der Waals surface area contributed by atoms with Gasteiger partial charge >= 0.3 is 0 Å². The van der Waals surface area contributed by atoms with Crippen molar-refractivity contribution in [3.63, 3.8) is 0 Å². The van der Waals surface area contributed by atoms with Crippen LogP contribution in [-0.4, -0.2) is 18.7 Å². The van der Waals surface area contributed by atoms with Crippen LogP contribution in [-0.2, 0) is 6.61 Å². The van der Waals surface area contributed by atoms with E-state index in [9.17, 15) is 4.79 Å². The van der Waals surface area contributed by atoms with Crippen LogP contribution in [0, 0.1) is 0 Å². The highest BCUT2D eigenvalue weighted by atomic mass is 32.1. The summed E-state index contributed by atoms with van der Waals surface area (Å²) in [7, 11) is 0. The average molecular weight is 380 g/mol. The molecular formula is C21H20N2O3S. The van der Waals surface area contributed by atoms with E-state index >= 15 is 0 Å². The Balaban J connectivity index is 1.49. The van der Waals surface area contributed by atoms with Gasteiger partial charge in [0, 0.05) is 10.4 Å². The molecule has 0 atom stereocenters. The zero-order chi connectivity index (χ0) is 18.9. The largest absolute Gasteiger partial charge is 0.494 e. The van der Waals surface area contributed by atoms with Crippen LogP contribution in [0.25, 0.3) is 0 Å². The number of carbonyl (C=O) groups is 1. The van der Waals surface area contributed by atoms with Gasteiger partial charge in [-0.05, 0) is 60.3 Å². The molecule has 0 fully saturated rings. The summed E-state index contributed by atoms with van der Waals surface area (Å²) in [4.78, 5) is 13.1. The number of hydrogen-bond acceptors (Lipinski definition) is 5.